The molecule has 0 atom stereocenters. The average molecular weight is 399 g/mol. The first-order valence-electron chi connectivity index (χ1n) is 8.86. The third-order valence-electron chi connectivity index (χ3n) is 4.43. The molecule has 7 heteroatoms. The number of benzene rings is 2. The Bertz CT molecular complexity index is 1250. The number of hydrogen-bond donors (Lipinski definition) is 0. The molecule has 0 saturated carbocycles. The number of nitriles is 2. The van der Waals surface area contributed by atoms with Crippen molar-refractivity contribution in [2.24, 2.45) is 0 Å². The van der Waals surface area contributed by atoms with E-state index in [0.717, 1.165) is 0 Å². The molecule has 0 aliphatic carbocycles. The van der Waals surface area contributed by atoms with Crippen LogP contribution >= 0.6 is 0 Å². The van der Waals surface area contributed by atoms with Crippen molar-refractivity contribution in [1.82, 2.24) is 4.90 Å². The Hall–Kier alpha value is -4.36. The van der Waals surface area contributed by atoms with Crippen molar-refractivity contribution in [3.8, 4) is 17.9 Å². The summed E-state index contributed by atoms with van der Waals surface area (Å²) in [6.45, 7) is 0. The van der Waals surface area contributed by atoms with E-state index in [1.165, 1.54) is 25.4 Å². The fourth-order valence-corrected chi connectivity index (χ4v) is 3.06. The second-order valence-electron chi connectivity index (χ2n) is 6.65. The zero-order chi connectivity index (χ0) is 21.8. The van der Waals surface area contributed by atoms with Crippen molar-refractivity contribution in [2.75, 3.05) is 21.2 Å². The fraction of sp³-hybridized carbons (Fsp3) is 0.130. The number of rotatable bonds is 6. The van der Waals surface area contributed by atoms with Gasteiger partial charge < -0.3 is 14.1 Å². The summed E-state index contributed by atoms with van der Waals surface area (Å²) < 4.78 is 11.0. The number of ether oxygens (including phenoxy) is 1. The van der Waals surface area contributed by atoms with Gasteiger partial charge in [0, 0.05) is 37.3 Å². The maximum atomic E-state index is 13.4. The lowest BCUT2D eigenvalue weighted by Gasteiger charge is -2.08. The van der Waals surface area contributed by atoms with Crippen LogP contribution in [-0.2, 0) is 4.79 Å². The summed E-state index contributed by atoms with van der Waals surface area (Å²) in [5.74, 6) is 0.287. The van der Waals surface area contributed by atoms with Gasteiger partial charge in [-0.05, 0) is 30.3 Å². The average Bonchev–Trinajstić information content (AvgIpc) is 3.13. The normalized spacial score (nSPS) is 10.9. The summed E-state index contributed by atoms with van der Waals surface area (Å²) in [6.07, 6.45) is 2.13. The second kappa shape index (κ2) is 8.34. The van der Waals surface area contributed by atoms with E-state index in [-0.39, 0.29) is 39.4 Å². The van der Waals surface area contributed by atoms with Gasteiger partial charge in [0.2, 0.25) is 0 Å². The van der Waals surface area contributed by atoms with Crippen molar-refractivity contribution in [3.63, 3.8) is 0 Å². The van der Waals surface area contributed by atoms with E-state index in [1.807, 2.05) is 12.1 Å². The van der Waals surface area contributed by atoms with Crippen LogP contribution in [0.3, 0.4) is 0 Å². The minimum atomic E-state index is -0.383. The van der Waals surface area contributed by atoms with Crippen LogP contribution in [0, 0.1) is 22.7 Å². The van der Waals surface area contributed by atoms with Crippen molar-refractivity contribution in [3.05, 3.63) is 70.6 Å². The molecular weight excluding hydrogens is 382 g/mol. The second-order valence-corrected chi connectivity index (χ2v) is 6.65. The monoisotopic (exact) mass is 399 g/mol. The molecule has 2 aromatic carbocycles. The summed E-state index contributed by atoms with van der Waals surface area (Å²) in [5.41, 5.74) is 1.14. The topological polar surface area (TPSA) is 107 Å². The van der Waals surface area contributed by atoms with Crippen molar-refractivity contribution >= 4 is 28.6 Å². The number of carbonyl (C=O) groups is 2. The van der Waals surface area contributed by atoms with Gasteiger partial charge in [-0.2, -0.15) is 10.5 Å². The Kier molecular flexibility index (Phi) is 5.66. The summed E-state index contributed by atoms with van der Waals surface area (Å²) in [5, 5.41) is 19.0. The highest BCUT2D eigenvalue weighted by Gasteiger charge is 2.26. The van der Waals surface area contributed by atoms with Gasteiger partial charge in [-0.1, -0.05) is 0 Å². The molecule has 3 aromatic rings. The highest BCUT2D eigenvalue weighted by atomic mass is 16.5. The summed E-state index contributed by atoms with van der Waals surface area (Å²) in [6, 6.07) is 13.3. The molecule has 30 heavy (non-hydrogen) atoms. The molecule has 1 heterocycles. The number of hydrogen-bond acceptors (Lipinski definition) is 7. The van der Waals surface area contributed by atoms with Crippen molar-refractivity contribution in [2.45, 2.75) is 0 Å². The zero-order valence-corrected chi connectivity index (χ0v) is 16.6. The largest absolute Gasteiger partial charge is 0.497 e. The van der Waals surface area contributed by atoms with Gasteiger partial charge >= 0.3 is 0 Å². The number of methoxy groups -OCH3 is 1. The Balaban J connectivity index is 2.34. The number of nitrogens with zero attached hydrogens (tertiary/aromatic N) is 3. The van der Waals surface area contributed by atoms with Crippen LogP contribution in [-0.4, -0.2) is 38.2 Å². The molecule has 0 fully saturated rings. The van der Waals surface area contributed by atoms with E-state index >= 15 is 0 Å². The Morgan fingerprint density at radius 2 is 1.73 bits per heavy atom. The van der Waals surface area contributed by atoms with Gasteiger partial charge in [-0.15, -0.1) is 0 Å². The predicted molar refractivity (Wildman–Crippen MR) is 110 cm³/mol. The molecule has 0 spiro atoms. The van der Waals surface area contributed by atoms with E-state index in [2.05, 4.69) is 0 Å². The quantitative estimate of drug-likeness (QED) is 0.354. The molecule has 0 saturated heterocycles. The number of furan rings is 1. The molecule has 0 amide bonds. The summed E-state index contributed by atoms with van der Waals surface area (Å²) in [4.78, 5) is 26.8. The summed E-state index contributed by atoms with van der Waals surface area (Å²) in [7, 11) is 4.99. The first kappa shape index (κ1) is 20.4. The molecule has 1 aromatic heterocycles. The highest BCUT2D eigenvalue weighted by Crippen LogP contribution is 2.34. The van der Waals surface area contributed by atoms with Crippen LogP contribution in [0.4, 0.5) is 0 Å². The molecule has 0 aliphatic rings. The SMILES string of the molecule is COc1ccc(C(=O)c2c(/C(C=O)=C\N(C)C)oc3cc(C#N)c(C#N)cc23)cc1. The van der Waals surface area contributed by atoms with Gasteiger partial charge in [0.05, 0.1) is 29.4 Å². The Morgan fingerprint density at radius 1 is 1.10 bits per heavy atom. The van der Waals surface area contributed by atoms with E-state index in [4.69, 9.17) is 9.15 Å². The van der Waals surface area contributed by atoms with E-state index in [9.17, 15) is 20.1 Å². The number of fused-ring (bicyclic) bond motifs is 1. The minimum Gasteiger partial charge on any atom is -0.497 e. The lowest BCUT2D eigenvalue weighted by atomic mass is 9.96. The molecule has 3 rings (SSSR count). The lowest BCUT2D eigenvalue weighted by Crippen LogP contribution is -2.07. The fourth-order valence-electron chi connectivity index (χ4n) is 3.06. The standard InChI is InChI=1S/C23H17N3O4/c1-26(2)12-17(13-27)23-21(22(28)14-4-6-18(29-3)7-5-14)19-8-15(10-24)16(11-25)9-20(19)30-23/h4-9,12-13H,1-3H3/b17-12-. The maximum Gasteiger partial charge on any atom is 0.197 e. The maximum absolute atomic E-state index is 13.4. The molecule has 0 aliphatic heterocycles. The van der Waals surface area contributed by atoms with E-state index in [0.29, 0.717) is 23.0 Å². The number of ketones is 1. The Labute approximate surface area is 173 Å². The molecule has 148 valence electrons. The third-order valence-corrected chi connectivity index (χ3v) is 4.43. The number of allylic oxidation sites excluding steroid dienone is 1. The minimum absolute atomic E-state index is 0.0773. The van der Waals surface area contributed by atoms with Crippen LogP contribution < -0.4 is 4.74 Å². The molecular formula is C23H17N3O4. The molecule has 0 bridgehead atoms. The first-order valence-corrected chi connectivity index (χ1v) is 8.86. The van der Waals surface area contributed by atoms with Crippen LogP contribution in [0.2, 0.25) is 0 Å². The van der Waals surface area contributed by atoms with E-state index < -0.39 is 0 Å². The van der Waals surface area contributed by atoms with Gasteiger partial charge in [-0.3, -0.25) is 9.59 Å². The van der Waals surface area contributed by atoms with Crippen molar-refractivity contribution in [1.29, 1.82) is 10.5 Å². The van der Waals surface area contributed by atoms with E-state index in [1.54, 1.807) is 43.3 Å². The smallest absolute Gasteiger partial charge is 0.197 e. The van der Waals surface area contributed by atoms with Gasteiger partial charge in [0.15, 0.2) is 17.8 Å². The van der Waals surface area contributed by atoms with Gasteiger partial charge in [0.25, 0.3) is 0 Å². The van der Waals surface area contributed by atoms with Gasteiger partial charge in [0.1, 0.15) is 23.5 Å². The molecule has 0 N–H and O–H groups in total. The Morgan fingerprint density at radius 3 is 2.27 bits per heavy atom. The molecule has 0 radical (unpaired) electrons. The third kappa shape index (κ3) is 3.65. The van der Waals surface area contributed by atoms with Crippen LogP contribution in [0.1, 0.15) is 32.8 Å². The van der Waals surface area contributed by atoms with Gasteiger partial charge in [-0.25, -0.2) is 0 Å². The van der Waals surface area contributed by atoms with Crippen LogP contribution in [0.15, 0.2) is 47.0 Å². The summed E-state index contributed by atoms with van der Waals surface area (Å²) >= 11 is 0. The molecule has 7 nitrogen and oxygen atoms in total. The molecule has 0 unspecified atom stereocenters. The number of aldehydes is 1. The van der Waals surface area contributed by atoms with Crippen LogP contribution in [0.25, 0.3) is 16.5 Å². The van der Waals surface area contributed by atoms with Crippen molar-refractivity contribution < 1.29 is 18.7 Å². The lowest BCUT2D eigenvalue weighted by molar-refractivity contribution is -0.103. The van der Waals surface area contributed by atoms with Crippen LogP contribution in [0.5, 0.6) is 5.75 Å². The predicted octanol–water partition coefficient (Wildman–Crippen LogP) is 3.52. The first-order chi connectivity index (χ1) is 14.4. The number of carbonyl (C=O) groups excluding carboxylic acids is 2. The highest BCUT2D eigenvalue weighted by molar-refractivity contribution is 6.22. The zero-order valence-electron chi connectivity index (χ0n) is 16.6.